The molecule has 1 N–H and O–H groups in total. The summed E-state index contributed by atoms with van der Waals surface area (Å²) in [6.07, 6.45) is 0. The van der Waals surface area contributed by atoms with E-state index in [9.17, 15) is 5.11 Å². The van der Waals surface area contributed by atoms with Gasteiger partial charge in [-0.3, -0.25) is 0 Å². The highest BCUT2D eigenvalue weighted by Gasteiger charge is 2.11. The fourth-order valence-electron chi connectivity index (χ4n) is 2.36. The Bertz CT molecular complexity index is 1130. The minimum absolute atomic E-state index is 0.0643. The zero-order valence-corrected chi connectivity index (χ0v) is 10.3. The molecule has 0 aliphatic carbocycles. The molecule has 4 aromatic rings. The lowest BCUT2D eigenvalue weighted by Gasteiger charge is -2.01. The molecule has 0 fully saturated rings. The molecular formula is C18H12O2. The summed E-state index contributed by atoms with van der Waals surface area (Å²) in [6, 6.07) is 8.25. The van der Waals surface area contributed by atoms with Gasteiger partial charge in [-0.25, -0.2) is 0 Å². The largest absolute Gasteiger partial charge is 0.507 e. The predicted molar refractivity (Wildman–Crippen MR) is 80.8 cm³/mol. The third-order valence-electron chi connectivity index (χ3n) is 3.26. The minimum atomic E-state index is -0.425. The van der Waals surface area contributed by atoms with E-state index in [2.05, 4.69) is 0 Å². The molecule has 0 unspecified atom stereocenters. The highest BCUT2D eigenvalue weighted by molar-refractivity contribution is 6.09. The normalized spacial score (nSPS) is 14.7. The third-order valence-corrected chi connectivity index (χ3v) is 3.26. The maximum absolute atomic E-state index is 10.1. The SMILES string of the molecule is [2H]c1c([2H])c([2H])c(-c2ccc3oc4cccc(O)c4c3c2)c([2H])c1[2H]. The second kappa shape index (κ2) is 4.14. The smallest absolute Gasteiger partial charge is 0.139 e. The van der Waals surface area contributed by atoms with Gasteiger partial charge in [-0.1, -0.05) is 42.3 Å². The molecule has 1 heterocycles. The van der Waals surface area contributed by atoms with Gasteiger partial charge in [0.15, 0.2) is 0 Å². The van der Waals surface area contributed by atoms with Crippen molar-refractivity contribution in [3.63, 3.8) is 0 Å². The number of hydrogen-bond donors (Lipinski definition) is 1. The Hall–Kier alpha value is -2.74. The molecular weight excluding hydrogens is 248 g/mol. The molecule has 2 heteroatoms. The Balaban J connectivity index is 2.08. The fraction of sp³-hybridized carbons (Fsp3) is 0. The minimum Gasteiger partial charge on any atom is -0.507 e. The monoisotopic (exact) mass is 265 g/mol. The Kier molecular flexibility index (Phi) is 1.48. The van der Waals surface area contributed by atoms with Crippen LogP contribution in [-0.4, -0.2) is 5.11 Å². The number of fused-ring (bicyclic) bond motifs is 3. The molecule has 0 saturated carbocycles. The predicted octanol–water partition coefficient (Wildman–Crippen LogP) is 4.96. The molecule has 2 nitrogen and oxygen atoms in total. The number of phenols is 1. The Labute approximate surface area is 122 Å². The summed E-state index contributed by atoms with van der Waals surface area (Å²) in [5, 5.41) is 11.3. The average molecular weight is 265 g/mol. The highest BCUT2D eigenvalue weighted by Crippen LogP contribution is 2.36. The number of rotatable bonds is 1. The summed E-state index contributed by atoms with van der Waals surface area (Å²) in [5.41, 5.74) is 1.66. The van der Waals surface area contributed by atoms with Crippen molar-refractivity contribution in [2.75, 3.05) is 0 Å². The van der Waals surface area contributed by atoms with Crippen molar-refractivity contribution in [1.82, 2.24) is 0 Å². The highest BCUT2D eigenvalue weighted by atomic mass is 16.3. The van der Waals surface area contributed by atoms with Gasteiger partial charge < -0.3 is 9.52 Å². The van der Waals surface area contributed by atoms with Gasteiger partial charge in [0, 0.05) is 5.39 Å². The number of hydrogen-bond acceptors (Lipinski definition) is 2. The third kappa shape index (κ3) is 1.58. The molecule has 0 spiro atoms. The summed E-state index contributed by atoms with van der Waals surface area (Å²) < 4.78 is 45.2. The van der Waals surface area contributed by atoms with Crippen molar-refractivity contribution in [3.05, 3.63) is 66.6 Å². The Morgan fingerprint density at radius 2 is 1.75 bits per heavy atom. The number of benzene rings is 3. The van der Waals surface area contributed by atoms with E-state index in [0.717, 1.165) is 0 Å². The number of phenolic OH excluding ortho intramolecular Hbond substituents is 1. The van der Waals surface area contributed by atoms with E-state index in [1.54, 1.807) is 36.4 Å². The molecule has 3 aromatic carbocycles. The van der Waals surface area contributed by atoms with E-state index in [0.29, 0.717) is 27.5 Å². The molecule has 0 bridgehead atoms. The summed E-state index contributed by atoms with van der Waals surface area (Å²) >= 11 is 0. The molecule has 96 valence electrons. The van der Waals surface area contributed by atoms with Crippen LogP contribution in [0.1, 0.15) is 6.85 Å². The van der Waals surface area contributed by atoms with Crippen molar-refractivity contribution in [2.24, 2.45) is 0 Å². The molecule has 0 radical (unpaired) electrons. The van der Waals surface area contributed by atoms with Crippen LogP contribution in [0.4, 0.5) is 0 Å². The number of aromatic hydroxyl groups is 1. The Morgan fingerprint density at radius 3 is 2.60 bits per heavy atom. The van der Waals surface area contributed by atoms with Crippen LogP contribution in [0.5, 0.6) is 5.75 Å². The first-order chi connectivity index (χ1) is 11.9. The lowest BCUT2D eigenvalue weighted by Crippen LogP contribution is -1.76. The molecule has 0 aliphatic rings. The van der Waals surface area contributed by atoms with E-state index in [1.807, 2.05) is 0 Å². The zero-order chi connectivity index (χ0) is 17.9. The molecule has 0 saturated heterocycles. The first kappa shape index (κ1) is 7.15. The Morgan fingerprint density at radius 1 is 0.900 bits per heavy atom. The van der Waals surface area contributed by atoms with Crippen LogP contribution in [0.3, 0.4) is 0 Å². The van der Waals surface area contributed by atoms with Crippen LogP contribution in [0.25, 0.3) is 33.1 Å². The first-order valence-electron chi connectivity index (χ1n) is 8.61. The van der Waals surface area contributed by atoms with Crippen LogP contribution >= 0.6 is 0 Å². The molecule has 20 heavy (non-hydrogen) atoms. The van der Waals surface area contributed by atoms with Gasteiger partial charge in [-0.2, -0.15) is 0 Å². The van der Waals surface area contributed by atoms with E-state index in [4.69, 9.17) is 11.3 Å². The topological polar surface area (TPSA) is 33.4 Å². The van der Waals surface area contributed by atoms with E-state index in [1.165, 1.54) is 0 Å². The zero-order valence-electron chi connectivity index (χ0n) is 15.3. The van der Waals surface area contributed by atoms with Gasteiger partial charge >= 0.3 is 0 Å². The van der Waals surface area contributed by atoms with Gasteiger partial charge in [0.1, 0.15) is 16.9 Å². The van der Waals surface area contributed by atoms with Crippen LogP contribution in [0.15, 0.2) is 71.0 Å². The molecule has 0 atom stereocenters. The van der Waals surface area contributed by atoms with E-state index in [-0.39, 0.29) is 35.5 Å². The second-order valence-corrected chi connectivity index (χ2v) is 4.46. The van der Waals surface area contributed by atoms with Gasteiger partial charge in [0.2, 0.25) is 0 Å². The standard InChI is InChI=1S/C18H12O2/c19-15-7-4-8-17-18(15)14-11-13(9-10-16(14)20-17)12-5-2-1-3-6-12/h1-11,19H/i1D,2D,3D,5D,6D. The quantitative estimate of drug-likeness (QED) is 0.527. The van der Waals surface area contributed by atoms with Crippen LogP contribution in [-0.2, 0) is 0 Å². The maximum atomic E-state index is 10.1. The number of furan rings is 1. The van der Waals surface area contributed by atoms with Gasteiger partial charge in [0.25, 0.3) is 0 Å². The summed E-state index contributed by atoms with van der Waals surface area (Å²) in [4.78, 5) is 0. The average Bonchev–Trinajstić information content (AvgIpc) is 2.97. The van der Waals surface area contributed by atoms with Crippen LogP contribution in [0.2, 0.25) is 0 Å². The molecule has 1 aromatic heterocycles. The summed E-state index contributed by atoms with van der Waals surface area (Å²) in [6.45, 7) is 0. The lowest BCUT2D eigenvalue weighted by molar-refractivity contribution is 0.481. The van der Waals surface area contributed by atoms with E-state index < -0.39 is 6.04 Å². The van der Waals surface area contributed by atoms with Gasteiger partial charge in [-0.15, -0.1) is 0 Å². The van der Waals surface area contributed by atoms with Gasteiger partial charge in [0.05, 0.1) is 12.2 Å². The van der Waals surface area contributed by atoms with Crippen LogP contribution < -0.4 is 0 Å². The molecule has 4 rings (SSSR count). The lowest BCUT2D eigenvalue weighted by atomic mass is 10.0. The van der Waals surface area contributed by atoms with Gasteiger partial charge in [-0.05, 0) is 35.4 Å². The second-order valence-electron chi connectivity index (χ2n) is 4.46. The molecule has 0 aliphatic heterocycles. The maximum Gasteiger partial charge on any atom is 0.139 e. The van der Waals surface area contributed by atoms with E-state index >= 15 is 0 Å². The summed E-state index contributed by atoms with van der Waals surface area (Å²) in [7, 11) is 0. The summed E-state index contributed by atoms with van der Waals surface area (Å²) in [5.74, 6) is 0.0643. The van der Waals surface area contributed by atoms with Crippen molar-refractivity contribution in [1.29, 1.82) is 0 Å². The van der Waals surface area contributed by atoms with Crippen molar-refractivity contribution < 1.29 is 16.4 Å². The van der Waals surface area contributed by atoms with Crippen LogP contribution in [0, 0.1) is 0 Å². The first-order valence-corrected chi connectivity index (χ1v) is 6.11. The van der Waals surface area contributed by atoms with Crippen molar-refractivity contribution in [2.45, 2.75) is 0 Å². The van der Waals surface area contributed by atoms with Crippen molar-refractivity contribution >= 4 is 21.9 Å². The molecule has 0 amide bonds. The van der Waals surface area contributed by atoms with Crippen molar-refractivity contribution in [3.8, 4) is 16.9 Å². The fourth-order valence-corrected chi connectivity index (χ4v) is 2.36.